The molecular weight excluding hydrogens is 122 g/mol. The van der Waals surface area contributed by atoms with Gasteiger partial charge in [0.05, 0.1) is 0 Å². The molecular formula is C3H2ClFO2. The Balaban J connectivity index is 3.26. The van der Waals surface area contributed by atoms with Crippen LogP contribution in [0.5, 0.6) is 0 Å². The molecule has 0 fully saturated rings. The van der Waals surface area contributed by atoms with Crippen molar-refractivity contribution in [1.29, 1.82) is 0 Å². The maximum atomic E-state index is 10.6. The van der Waals surface area contributed by atoms with Crippen molar-refractivity contribution in [2.24, 2.45) is 0 Å². The quantitative estimate of drug-likeness (QED) is 0.314. The molecule has 0 saturated carbocycles. The number of halogens is 2. The molecule has 0 aliphatic rings. The highest BCUT2D eigenvalue weighted by Gasteiger charge is 1.81. The molecule has 0 amide bonds. The summed E-state index contributed by atoms with van der Waals surface area (Å²) in [5.41, 5.74) is 0. The Labute approximate surface area is 44.4 Å². The second kappa shape index (κ2) is 3.61. The van der Waals surface area contributed by atoms with Gasteiger partial charge in [-0.1, -0.05) is 0 Å². The van der Waals surface area contributed by atoms with Gasteiger partial charge in [0.15, 0.2) is 0 Å². The Morgan fingerprint density at radius 3 is 2.57 bits per heavy atom. The highest BCUT2D eigenvalue weighted by molar-refractivity contribution is 6.66. The van der Waals surface area contributed by atoms with E-state index in [2.05, 4.69) is 16.5 Å². The maximum Gasteiger partial charge on any atom is 0.248 e. The van der Waals surface area contributed by atoms with Gasteiger partial charge in [-0.15, -0.1) is 0 Å². The molecule has 0 aromatic heterocycles. The van der Waals surface area contributed by atoms with Crippen LogP contribution in [0.2, 0.25) is 0 Å². The van der Waals surface area contributed by atoms with Crippen LogP contribution in [0.25, 0.3) is 0 Å². The van der Waals surface area contributed by atoms with E-state index in [9.17, 15) is 9.32 Å². The van der Waals surface area contributed by atoms with Crippen LogP contribution >= 0.6 is 11.6 Å². The van der Waals surface area contributed by atoms with Crippen LogP contribution in [-0.2, 0) is 9.74 Å². The van der Waals surface area contributed by atoms with E-state index in [1.165, 1.54) is 0 Å². The Morgan fingerprint density at radius 2 is 2.43 bits per heavy atom. The highest BCUT2D eigenvalue weighted by Crippen LogP contribution is 1.82. The van der Waals surface area contributed by atoms with Gasteiger partial charge in [-0.05, 0) is 11.6 Å². The number of allylic oxidation sites excluding steroid dienone is 1. The number of hydrogen-bond donors (Lipinski definition) is 0. The van der Waals surface area contributed by atoms with Gasteiger partial charge >= 0.3 is 0 Å². The SMILES string of the molecule is O=C(Cl)/C=C/OF. The van der Waals surface area contributed by atoms with E-state index in [0.717, 1.165) is 6.08 Å². The van der Waals surface area contributed by atoms with Crippen molar-refractivity contribution in [1.82, 2.24) is 0 Å². The van der Waals surface area contributed by atoms with E-state index in [4.69, 9.17) is 0 Å². The largest absolute Gasteiger partial charge is 0.302 e. The van der Waals surface area contributed by atoms with Crippen molar-refractivity contribution in [3.8, 4) is 0 Å². The lowest BCUT2D eigenvalue weighted by atomic mass is 10.7. The molecule has 0 bridgehead atoms. The van der Waals surface area contributed by atoms with Gasteiger partial charge in [-0.3, -0.25) is 4.79 Å². The van der Waals surface area contributed by atoms with Gasteiger partial charge in [0.2, 0.25) is 5.24 Å². The van der Waals surface area contributed by atoms with Gasteiger partial charge in [0.1, 0.15) is 6.26 Å². The minimum atomic E-state index is -0.766. The first-order valence-corrected chi connectivity index (χ1v) is 1.78. The van der Waals surface area contributed by atoms with E-state index in [1.807, 2.05) is 0 Å². The smallest absolute Gasteiger partial charge is 0.248 e. The van der Waals surface area contributed by atoms with Crippen molar-refractivity contribution in [2.75, 3.05) is 0 Å². The number of rotatable bonds is 2. The van der Waals surface area contributed by atoms with E-state index < -0.39 is 5.24 Å². The molecule has 0 atom stereocenters. The van der Waals surface area contributed by atoms with Crippen molar-refractivity contribution in [3.05, 3.63) is 12.3 Å². The molecule has 0 saturated heterocycles. The summed E-state index contributed by atoms with van der Waals surface area (Å²) >= 11 is 4.68. The Kier molecular flexibility index (Phi) is 3.32. The first-order valence-electron chi connectivity index (χ1n) is 1.41. The predicted octanol–water partition coefficient (Wildman–Crippen LogP) is 1.17. The third kappa shape index (κ3) is 5.43. The van der Waals surface area contributed by atoms with Gasteiger partial charge in [-0.2, -0.15) is 0 Å². The van der Waals surface area contributed by atoms with Crippen LogP contribution in [-0.4, -0.2) is 5.24 Å². The van der Waals surface area contributed by atoms with Crippen LogP contribution in [0.4, 0.5) is 4.53 Å². The third-order valence-corrected chi connectivity index (χ3v) is 0.376. The molecule has 2 nitrogen and oxygen atoms in total. The molecule has 0 spiro atoms. The van der Waals surface area contributed by atoms with Crippen LogP contribution in [0.1, 0.15) is 0 Å². The monoisotopic (exact) mass is 124 g/mol. The lowest BCUT2D eigenvalue weighted by Crippen LogP contribution is -1.72. The maximum absolute atomic E-state index is 10.6. The summed E-state index contributed by atoms with van der Waals surface area (Å²) < 4.78 is 10.6. The topological polar surface area (TPSA) is 26.3 Å². The van der Waals surface area contributed by atoms with Crippen molar-refractivity contribution >= 4 is 16.8 Å². The third-order valence-electron chi connectivity index (χ3n) is 0.251. The summed E-state index contributed by atoms with van der Waals surface area (Å²) in [5, 5.41) is -0.766. The molecule has 4 heteroatoms. The van der Waals surface area contributed by atoms with E-state index in [1.54, 1.807) is 0 Å². The highest BCUT2D eigenvalue weighted by atomic mass is 35.5. The van der Waals surface area contributed by atoms with Crippen molar-refractivity contribution in [2.45, 2.75) is 0 Å². The number of carbonyl (C=O) groups is 1. The summed E-state index contributed by atoms with van der Waals surface area (Å²) in [7, 11) is 0. The van der Waals surface area contributed by atoms with Crippen LogP contribution in [0.3, 0.4) is 0 Å². The van der Waals surface area contributed by atoms with Crippen LogP contribution in [0, 0.1) is 0 Å². The molecule has 0 radical (unpaired) electrons. The van der Waals surface area contributed by atoms with E-state index >= 15 is 0 Å². The molecule has 0 heterocycles. The molecule has 7 heavy (non-hydrogen) atoms. The first-order chi connectivity index (χ1) is 3.27. The van der Waals surface area contributed by atoms with Crippen LogP contribution < -0.4 is 0 Å². The zero-order valence-electron chi connectivity index (χ0n) is 3.23. The summed E-state index contributed by atoms with van der Waals surface area (Å²) in [4.78, 5) is 12.5. The minimum Gasteiger partial charge on any atom is -0.302 e. The fourth-order valence-electron chi connectivity index (χ4n) is 0.0792. The molecule has 0 aromatic carbocycles. The summed E-state index contributed by atoms with van der Waals surface area (Å²) in [6.07, 6.45) is 1.30. The number of carbonyl (C=O) groups excluding carboxylic acids is 1. The molecule has 0 N–H and O–H groups in total. The fourth-order valence-corrected chi connectivity index (χ4v) is 0.131. The molecule has 40 valence electrons. The Hall–Kier alpha value is -0.570. The summed E-state index contributed by atoms with van der Waals surface area (Å²) in [6.45, 7) is 0. The standard InChI is InChI=1S/C3H2ClFO2/c4-3(6)1-2-7-5/h1-2H/b2-1+. The van der Waals surface area contributed by atoms with Gasteiger partial charge in [-0.25, -0.2) is 0 Å². The molecule has 0 aromatic rings. The molecule has 0 unspecified atom stereocenters. The zero-order chi connectivity index (χ0) is 5.70. The Bertz CT molecular complexity index is 90.9. The minimum absolute atomic E-state index is 0.551. The average molecular weight is 124 g/mol. The summed E-state index contributed by atoms with van der Waals surface area (Å²) in [6, 6.07) is 0. The van der Waals surface area contributed by atoms with Gasteiger partial charge < -0.3 is 4.94 Å². The second-order valence-corrected chi connectivity index (χ2v) is 1.07. The van der Waals surface area contributed by atoms with Crippen molar-refractivity contribution < 1.29 is 14.3 Å². The predicted molar refractivity (Wildman–Crippen MR) is 22.2 cm³/mol. The normalized spacial score (nSPS) is 9.43. The molecule has 0 rings (SSSR count). The van der Waals surface area contributed by atoms with E-state index in [0.29, 0.717) is 6.26 Å². The average Bonchev–Trinajstić information content (AvgIpc) is 1.61. The number of hydrogen-bond acceptors (Lipinski definition) is 2. The lowest BCUT2D eigenvalue weighted by Gasteiger charge is -1.71. The molecule has 0 aliphatic heterocycles. The second-order valence-electron chi connectivity index (χ2n) is 0.696. The van der Waals surface area contributed by atoms with Gasteiger partial charge in [0, 0.05) is 10.6 Å². The van der Waals surface area contributed by atoms with Crippen molar-refractivity contribution in [3.63, 3.8) is 0 Å². The Morgan fingerprint density at radius 1 is 1.86 bits per heavy atom. The summed E-state index contributed by atoms with van der Waals surface area (Å²) in [5.74, 6) is 0. The lowest BCUT2D eigenvalue weighted by molar-refractivity contribution is -0.108. The fraction of sp³-hybridized carbons (Fsp3) is 0. The van der Waals surface area contributed by atoms with E-state index in [-0.39, 0.29) is 0 Å². The molecule has 0 aliphatic carbocycles. The van der Waals surface area contributed by atoms with Crippen LogP contribution in [0.15, 0.2) is 12.3 Å². The van der Waals surface area contributed by atoms with Gasteiger partial charge in [0.25, 0.3) is 0 Å². The zero-order valence-corrected chi connectivity index (χ0v) is 3.98. The first kappa shape index (κ1) is 6.43.